The topological polar surface area (TPSA) is 115 Å². The second kappa shape index (κ2) is 11.4. The van der Waals surface area contributed by atoms with Crippen LogP contribution in [0.3, 0.4) is 0 Å². The smallest absolute Gasteiger partial charge is 0.247 e. The number of nitrogens with zero attached hydrogens (tertiary/aromatic N) is 1. The fraction of sp³-hybridized carbons (Fsp3) is 0.400. The van der Waals surface area contributed by atoms with E-state index >= 15 is 0 Å². The summed E-state index contributed by atoms with van der Waals surface area (Å²) in [5, 5.41) is 24.7. The predicted octanol–water partition coefficient (Wildman–Crippen LogP) is 3.05. The van der Waals surface area contributed by atoms with E-state index in [4.69, 9.17) is 4.74 Å². The number of H-pyrrole nitrogens is 1. The molecule has 200 valence electrons. The molecule has 2 amide bonds. The molecular formula is C30H35N3O5. The maximum absolute atomic E-state index is 13.5. The van der Waals surface area contributed by atoms with Gasteiger partial charge in [0.15, 0.2) is 0 Å². The molecule has 2 heterocycles. The molecule has 0 saturated carbocycles. The Morgan fingerprint density at radius 2 is 1.92 bits per heavy atom. The summed E-state index contributed by atoms with van der Waals surface area (Å²) in [5.41, 5.74) is 3.31. The van der Waals surface area contributed by atoms with Gasteiger partial charge in [-0.2, -0.15) is 0 Å². The molecule has 2 aliphatic rings. The molecule has 8 nitrogen and oxygen atoms in total. The molecule has 4 N–H and O–H groups in total. The van der Waals surface area contributed by atoms with Crippen molar-refractivity contribution in [3.8, 4) is 5.75 Å². The normalized spacial score (nSPS) is 21.8. The van der Waals surface area contributed by atoms with Crippen molar-refractivity contribution >= 4 is 22.7 Å². The standard InChI is InChI=1S/C30H35N3O5/c1-2-3-12-26(35)33(15-13-20-17-19-8-4-6-10-23(19)32-20)24-18-22(30(37)31-14-16-34)27-21-9-5-7-11-25(21)38-29(27)28(24)36/h4-11,17-18,24,27-29,32,34,36H,2-3,12-16H2,1H3,(H,31,37). The Morgan fingerprint density at radius 1 is 1.13 bits per heavy atom. The highest BCUT2D eigenvalue weighted by molar-refractivity contribution is 5.96. The molecule has 0 saturated heterocycles. The van der Waals surface area contributed by atoms with Crippen LogP contribution in [0.2, 0.25) is 0 Å². The number of nitrogens with one attached hydrogen (secondary N) is 2. The SMILES string of the molecule is CCCCC(=O)N(CCc1cc2ccccc2[nH]1)C1C=C(C(=O)NCCO)C2c3ccccc3OC2C1O. The van der Waals surface area contributed by atoms with Crippen LogP contribution in [0.4, 0.5) is 0 Å². The minimum absolute atomic E-state index is 0.0626. The van der Waals surface area contributed by atoms with E-state index in [1.165, 1.54) is 0 Å². The van der Waals surface area contributed by atoms with Crippen LogP contribution in [0.25, 0.3) is 10.9 Å². The quantitative estimate of drug-likeness (QED) is 0.330. The number of para-hydroxylation sites is 2. The number of ether oxygens (including phenoxy) is 1. The van der Waals surface area contributed by atoms with Crippen LogP contribution >= 0.6 is 0 Å². The molecule has 0 bridgehead atoms. The summed E-state index contributed by atoms with van der Waals surface area (Å²) in [6.45, 7) is 2.35. The minimum Gasteiger partial charge on any atom is -0.486 e. The zero-order valence-corrected chi connectivity index (χ0v) is 21.6. The fourth-order valence-electron chi connectivity index (χ4n) is 5.61. The number of carbonyl (C=O) groups is 2. The number of benzene rings is 2. The number of hydrogen-bond acceptors (Lipinski definition) is 5. The lowest BCUT2D eigenvalue weighted by Crippen LogP contribution is -2.56. The fourth-order valence-corrected chi connectivity index (χ4v) is 5.61. The monoisotopic (exact) mass is 517 g/mol. The number of rotatable bonds is 10. The third-order valence-corrected chi connectivity index (χ3v) is 7.51. The molecule has 0 spiro atoms. The van der Waals surface area contributed by atoms with Gasteiger partial charge in [0.25, 0.3) is 0 Å². The summed E-state index contributed by atoms with van der Waals surface area (Å²) >= 11 is 0. The van der Waals surface area contributed by atoms with Gasteiger partial charge in [0.1, 0.15) is 18.0 Å². The van der Waals surface area contributed by atoms with Crippen LogP contribution in [0, 0.1) is 0 Å². The van der Waals surface area contributed by atoms with Gasteiger partial charge in [0.05, 0.1) is 18.6 Å². The van der Waals surface area contributed by atoms with Crippen LogP contribution in [0.15, 0.2) is 66.2 Å². The van der Waals surface area contributed by atoms with E-state index in [2.05, 4.69) is 16.4 Å². The van der Waals surface area contributed by atoms with Crippen molar-refractivity contribution in [2.24, 2.45) is 0 Å². The van der Waals surface area contributed by atoms with E-state index in [0.29, 0.717) is 30.7 Å². The van der Waals surface area contributed by atoms with Gasteiger partial charge >= 0.3 is 0 Å². The Bertz CT molecular complexity index is 1300. The van der Waals surface area contributed by atoms with Gasteiger partial charge in [-0.15, -0.1) is 0 Å². The molecule has 1 aliphatic heterocycles. The molecule has 4 unspecified atom stereocenters. The third kappa shape index (κ3) is 5.06. The average Bonchev–Trinajstić information content (AvgIpc) is 3.53. The summed E-state index contributed by atoms with van der Waals surface area (Å²) < 4.78 is 6.19. The van der Waals surface area contributed by atoms with Crippen molar-refractivity contribution < 1.29 is 24.5 Å². The van der Waals surface area contributed by atoms with Gasteiger partial charge in [0, 0.05) is 48.3 Å². The van der Waals surface area contributed by atoms with Gasteiger partial charge in [-0.3, -0.25) is 9.59 Å². The lowest BCUT2D eigenvalue weighted by Gasteiger charge is -2.40. The van der Waals surface area contributed by atoms with Crippen molar-refractivity contribution in [2.75, 3.05) is 19.7 Å². The first-order valence-corrected chi connectivity index (χ1v) is 13.4. The lowest BCUT2D eigenvalue weighted by molar-refractivity contribution is -0.137. The van der Waals surface area contributed by atoms with Crippen molar-refractivity contribution in [1.29, 1.82) is 0 Å². The van der Waals surface area contributed by atoms with Crippen LogP contribution in [0.1, 0.15) is 43.4 Å². The highest BCUT2D eigenvalue weighted by Crippen LogP contribution is 2.47. The Morgan fingerprint density at radius 3 is 2.71 bits per heavy atom. The molecule has 2 aromatic carbocycles. The number of carbonyl (C=O) groups excluding carboxylic acids is 2. The summed E-state index contributed by atoms with van der Waals surface area (Å²) in [7, 11) is 0. The maximum Gasteiger partial charge on any atom is 0.247 e. The van der Waals surface area contributed by atoms with Crippen molar-refractivity contribution in [3.63, 3.8) is 0 Å². The molecule has 4 atom stereocenters. The second-order valence-corrected chi connectivity index (χ2v) is 10.0. The largest absolute Gasteiger partial charge is 0.486 e. The van der Waals surface area contributed by atoms with Gasteiger partial charge < -0.3 is 30.2 Å². The number of amides is 2. The number of aliphatic hydroxyl groups excluding tert-OH is 2. The van der Waals surface area contributed by atoms with Crippen molar-refractivity contribution in [3.05, 3.63) is 77.5 Å². The Balaban J connectivity index is 1.48. The maximum atomic E-state index is 13.5. The molecule has 38 heavy (non-hydrogen) atoms. The Labute approximate surface area is 222 Å². The van der Waals surface area contributed by atoms with E-state index in [1.54, 1.807) is 11.0 Å². The third-order valence-electron chi connectivity index (χ3n) is 7.51. The minimum atomic E-state index is -1.02. The Hall–Kier alpha value is -3.62. The summed E-state index contributed by atoms with van der Waals surface area (Å²) in [5.74, 6) is -0.224. The molecule has 0 fully saturated rings. The molecule has 3 aromatic rings. The van der Waals surface area contributed by atoms with E-state index in [1.807, 2.05) is 55.5 Å². The highest BCUT2D eigenvalue weighted by Gasteiger charge is 2.50. The van der Waals surface area contributed by atoms with Gasteiger partial charge in [-0.05, 0) is 36.1 Å². The summed E-state index contributed by atoms with van der Waals surface area (Å²) in [6, 6.07) is 16.9. The number of unbranched alkanes of at least 4 members (excludes halogenated alkanes) is 1. The number of fused-ring (bicyclic) bond motifs is 4. The van der Waals surface area contributed by atoms with E-state index in [9.17, 15) is 19.8 Å². The molecule has 5 rings (SSSR count). The van der Waals surface area contributed by atoms with Gasteiger partial charge in [-0.1, -0.05) is 49.7 Å². The van der Waals surface area contributed by atoms with E-state index in [-0.39, 0.29) is 25.0 Å². The summed E-state index contributed by atoms with van der Waals surface area (Å²) in [6.07, 6.45) is 2.57. The lowest BCUT2D eigenvalue weighted by atomic mass is 9.77. The van der Waals surface area contributed by atoms with E-state index < -0.39 is 24.2 Å². The number of hydrogen-bond donors (Lipinski definition) is 4. The van der Waals surface area contributed by atoms with Crippen LogP contribution in [0.5, 0.6) is 5.75 Å². The molecule has 0 radical (unpaired) electrons. The molecule has 8 heteroatoms. The van der Waals surface area contributed by atoms with Crippen molar-refractivity contribution in [1.82, 2.24) is 15.2 Å². The first kappa shape index (κ1) is 26.0. The van der Waals surface area contributed by atoms with Gasteiger partial charge in [0.2, 0.25) is 11.8 Å². The van der Waals surface area contributed by atoms with Crippen LogP contribution in [-0.2, 0) is 16.0 Å². The van der Waals surface area contributed by atoms with Gasteiger partial charge in [-0.25, -0.2) is 0 Å². The first-order chi connectivity index (χ1) is 18.5. The molecule has 1 aromatic heterocycles. The first-order valence-electron chi connectivity index (χ1n) is 13.4. The van der Waals surface area contributed by atoms with Crippen molar-refractivity contribution in [2.45, 2.75) is 56.8 Å². The number of aromatic nitrogens is 1. The highest BCUT2D eigenvalue weighted by atomic mass is 16.5. The average molecular weight is 518 g/mol. The number of aromatic amines is 1. The zero-order chi connectivity index (χ0) is 26.6. The predicted molar refractivity (Wildman–Crippen MR) is 145 cm³/mol. The van der Waals surface area contributed by atoms with Crippen LogP contribution < -0.4 is 10.1 Å². The van der Waals surface area contributed by atoms with Crippen LogP contribution in [-0.4, -0.2) is 69.9 Å². The molecular weight excluding hydrogens is 482 g/mol. The Kier molecular flexibility index (Phi) is 7.81. The molecule has 1 aliphatic carbocycles. The summed E-state index contributed by atoms with van der Waals surface area (Å²) in [4.78, 5) is 31.9. The van der Waals surface area contributed by atoms with E-state index in [0.717, 1.165) is 35.0 Å². The number of aliphatic hydroxyl groups is 2. The zero-order valence-electron chi connectivity index (χ0n) is 21.6. The second-order valence-electron chi connectivity index (χ2n) is 10.0.